The van der Waals surface area contributed by atoms with Crippen LogP contribution in [0.3, 0.4) is 0 Å². The minimum atomic E-state index is -0.479. The van der Waals surface area contributed by atoms with Gasteiger partial charge in [-0.05, 0) is 11.6 Å². The molecule has 1 heterocycles. The van der Waals surface area contributed by atoms with Crippen LogP contribution in [0.25, 0.3) is 0 Å². The summed E-state index contributed by atoms with van der Waals surface area (Å²) in [5, 5.41) is 3.25. The van der Waals surface area contributed by atoms with Crippen LogP contribution < -0.4 is 10.9 Å². The number of halogens is 2. The van der Waals surface area contributed by atoms with Crippen molar-refractivity contribution in [1.29, 1.82) is 0 Å². The average Bonchev–Trinajstić information content (AvgIpc) is 2.41. The average molecular weight is 310 g/mol. The molecule has 21 heavy (non-hydrogen) atoms. The molecule has 0 atom stereocenters. The molecule has 0 saturated heterocycles. The van der Waals surface area contributed by atoms with E-state index in [2.05, 4.69) is 15.3 Å². The second-order valence-corrected chi connectivity index (χ2v) is 5.52. The number of benzene rings is 1. The molecule has 0 aliphatic heterocycles. The monoisotopic (exact) mass is 309 g/mol. The highest BCUT2D eigenvalue weighted by Crippen LogP contribution is 2.19. The molecule has 1 aromatic carbocycles. The number of nitrogens with one attached hydrogen (secondary N) is 2. The third kappa shape index (κ3) is 4.37. The van der Waals surface area contributed by atoms with Crippen LogP contribution in [0.2, 0.25) is 5.02 Å². The molecule has 0 unspecified atom stereocenters. The molecule has 0 saturated carbocycles. The molecular weight excluding hydrogens is 293 g/mol. The summed E-state index contributed by atoms with van der Waals surface area (Å²) in [4.78, 5) is 18.6. The zero-order valence-electron chi connectivity index (χ0n) is 11.9. The molecule has 2 rings (SSSR count). The van der Waals surface area contributed by atoms with Crippen molar-refractivity contribution in [3.63, 3.8) is 0 Å². The Labute approximate surface area is 127 Å². The van der Waals surface area contributed by atoms with Gasteiger partial charge in [0.05, 0.1) is 10.7 Å². The molecule has 0 radical (unpaired) electrons. The number of nitrogens with zero attached hydrogens (tertiary/aromatic N) is 1. The van der Waals surface area contributed by atoms with Crippen LogP contribution in [-0.4, -0.2) is 16.0 Å². The van der Waals surface area contributed by atoms with E-state index in [1.165, 1.54) is 12.1 Å². The summed E-state index contributed by atoms with van der Waals surface area (Å²) in [6, 6.07) is 6.51. The van der Waals surface area contributed by atoms with Crippen LogP contribution in [0.5, 0.6) is 0 Å². The minimum Gasteiger partial charge on any atom is -0.310 e. The lowest BCUT2D eigenvalue weighted by Crippen LogP contribution is -2.24. The van der Waals surface area contributed by atoms with Gasteiger partial charge in [0.15, 0.2) is 0 Å². The fraction of sp³-hybridized carbons (Fsp3) is 0.333. The van der Waals surface area contributed by atoms with Crippen LogP contribution in [0.15, 0.2) is 29.1 Å². The molecule has 0 bridgehead atoms. The molecule has 112 valence electrons. The predicted octanol–water partition coefficient (Wildman–Crippen LogP) is 2.65. The Balaban J connectivity index is 2.24. The number of H-pyrrole nitrogens is 1. The standard InChI is InChI=1S/C15H17ClFN3O/c1-9(2)18-8-11-7-14(21)20-13(19-11)6-10-4-3-5-12(16)15(10)17/h3-5,7,9,18H,6,8H2,1-2H3,(H,19,20,21). The van der Waals surface area contributed by atoms with Crippen molar-refractivity contribution in [2.45, 2.75) is 32.9 Å². The first-order valence-electron chi connectivity index (χ1n) is 6.71. The highest BCUT2D eigenvalue weighted by molar-refractivity contribution is 6.30. The lowest BCUT2D eigenvalue weighted by atomic mass is 10.1. The number of aromatic nitrogens is 2. The Morgan fingerprint density at radius 1 is 1.43 bits per heavy atom. The summed E-state index contributed by atoms with van der Waals surface area (Å²) < 4.78 is 13.9. The Hall–Kier alpha value is -1.72. The fourth-order valence-corrected chi connectivity index (χ4v) is 2.11. The third-order valence-corrected chi connectivity index (χ3v) is 3.22. The summed E-state index contributed by atoms with van der Waals surface area (Å²) >= 11 is 5.75. The van der Waals surface area contributed by atoms with Crippen LogP contribution in [0, 0.1) is 5.82 Å². The molecule has 6 heteroatoms. The van der Waals surface area contributed by atoms with E-state index in [9.17, 15) is 9.18 Å². The van der Waals surface area contributed by atoms with Gasteiger partial charge in [0, 0.05) is 25.1 Å². The van der Waals surface area contributed by atoms with Crippen molar-refractivity contribution in [2.24, 2.45) is 0 Å². The van der Waals surface area contributed by atoms with Gasteiger partial charge in [-0.25, -0.2) is 9.37 Å². The summed E-state index contributed by atoms with van der Waals surface area (Å²) in [5.74, 6) is -0.0586. The van der Waals surface area contributed by atoms with Gasteiger partial charge in [0.2, 0.25) is 0 Å². The molecule has 0 aliphatic carbocycles. The first kappa shape index (κ1) is 15.7. The van der Waals surface area contributed by atoms with E-state index in [0.717, 1.165) is 0 Å². The molecule has 4 nitrogen and oxygen atoms in total. The van der Waals surface area contributed by atoms with Crippen molar-refractivity contribution >= 4 is 11.6 Å². The Morgan fingerprint density at radius 2 is 2.19 bits per heavy atom. The number of aromatic amines is 1. The fourth-order valence-electron chi connectivity index (χ4n) is 1.91. The van der Waals surface area contributed by atoms with Crippen LogP contribution in [0.1, 0.15) is 30.9 Å². The largest absolute Gasteiger partial charge is 0.310 e. The zero-order valence-corrected chi connectivity index (χ0v) is 12.7. The smallest absolute Gasteiger partial charge is 0.251 e. The molecule has 0 spiro atoms. The van der Waals surface area contributed by atoms with Crippen LogP contribution >= 0.6 is 11.6 Å². The Kier molecular flexibility index (Phi) is 5.09. The summed E-state index contributed by atoms with van der Waals surface area (Å²) in [6.45, 7) is 4.51. The van der Waals surface area contributed by atoms with Gasteiger partial charge >= 0.3 is 0 Å². The summed E-state index contributed by atoms with van der Waals surface area (Å²) in [6.07, 6.45) is 0.192. The summed E-state index contributed by atoms with van der Waals surface area (Å²) in [7, 11) is 0. The number of hydrogen-bond acceptors (Lipinski definition) is 3. The molecule has 2 N–H and O–H groups in total. The van der Waals surface area contributed by atoms with Crippen molar-refractivity contribution in [1.82, 2.24) is 15.3 Å². The maximum Gasteiger partial charge on any atom is 0.251 e. The van der Waals surface area contributed by atoms with E-state index >= 15 is 0 Å². The molecule has 0 fully saturated rings. The van der Waals surface area contributed by atoms with Crippen molar-refractivity contribution in [3.05, 3.63) is 62.5 Å². The van der Waals surface area contributed by atoms with Crippen molar-refractivity contribution in [3.8, 4) is 0 Å². The SMILES string of the molecule is CC(C)NCc1cc(=O)[nH]c(Cc2cccc(Cl)c2F)n1. The normalized spacial score (nSPS) is 11.1. The second kappa shape index (κ2) is 6.83. The van der Waals surface area contributed by atoms with E-state index in [0.29, 0.717) is 29.7 Å². The number of hydrogen-bond donors (Lipinski definition) is 2. The number of rotatable bonds is 5. The van der Waals surface area contributed by atoms with Gasteiger partial charge < -0.3 is 10.3 Å². The molecule has 1 aromatic heterocycles. The maximum atomic E-state index is 13.9. The van der Waals surface area contributed by atoms with E-state index in [1.807, 2.05) is 13.8 Å². The van der Waals surface area contributed by atoms with Gasteiger partial charge in [0.25, 0.3) is 5.56 Å². The minimum absolute atomic E-state index is 0.0625. The van der Waals surface area contributed by atoms with E-state index in [4.69, 9.17) is 11.6 Å². The first-order chi connectivity index (χ1) is 9.95. The topological polar surface area (TPSA) is 57.8 Å². The quantitative estimate of drug-likeness (QED) is 0.892. The second-order valence-electron chi connectivity index (χ2n) is 5.11. The van der Waals surface area contributed by atoms with Crippen LogP contribution in [-0.2, 0) is 13.0 Å². The van der Waals surface area contributed by atoms with Gasteiger partial charge in [-0.2, -0.15) is 0 Å². The molecule has 0 amide bonds. The van der Waals surface area contributed by atoms with Gasteiger partial charge in [-0.1, -0.05) is 37.6 Å². The summed E-state index contributed by atoms with van der Waals surface area (Å²) in [5.41, 5.74) is 0.785. The third-order valence-electron chi connectivity index (χ3n) is 2.92. The molecular formula is C15H17ClFN3O. The Bertz CT molecular complexity index is 685. The van der Waals surface area contributed by atoms with Gasteiger partial charge in [-0.3, -0.25) is 4.79 Å². The first-order valence-corrected chi connectivity index (χ1v) is 7.09. The van der Waals surface area contributed by atoms with Crippen molar-refractivity contribution in [2.75, 3.05) is 0 Å². The van der Waals surface area contributed by atoms with Gasteiger partial charge in [0.1, 0.15) is 11.6 Å². The van der Waals surface area contributed by atoms with E-state index in [1.54, 1.807) is 12.1 Å². The lowest BCUT2D eigenvalue weighted by molar-refractivity contribution is 0.577. The molecule has 2 aromatic rings. The van der Waals surface area contributed by atoms with Crippen LogP contribution in [0.4, 0.5) is 4.39 Å². The maximum absolute atomic E-state index is 13.9. The Morgan fingerprint density at radius 3 is 2.90 bits per heavy atom. The highest BCUT2D eigenvalue weighted by Gasteiger charge is 2.09. The lowest BCUT2D eigenvalue weighted by Gasteiger charge is -2.09. The van der Waals surface area contributed by atoms with Gasteiger partial charge in [-0.15, -0.1) is 0 Å². The van der Waals surface area contributed by atoms with E-state index < -0.39 is 5.82 Å². The zero-order chi connectivity index (χ0) is 15.4. The van der Waals surface area contributed by atoms with E-state index in [-0.39, 0.29) is 17.0 Å². The highest BCUT2D eigenvalue weighted by atomic mass is 35.5. The van der Waals surface area contributed by atoms with Crippen molar-refractivity contribution < 1.29 is 4.39 Å². The molecule has 0 aliphatic rings. The predicted molar refractivity (Wildman–Crippen MR) is 81.0 cm³/mol.